The number of aromatic nitrogens is 1. The molecule has 0 N–H and O–H groups in total. The summed E-state index contributed by atoms with van der Waals surface area (Å²) in [5.74, 6) is 0.581. The summed E-state index contributed by atoms with van der Waals surface area (Å²) in [6.07, 6.45) is 2.17. The molecule has 0 spiro atoms. The van der Waals surface area contributed by atoms with Crippen LogP contribution < -0.4 is 4.57 Å². The Morgan fingerprint density at radius 1 is 1.06 bits per heavy atom. The molecule has 2 aromatic rings. The highest BCUT2D eigenvalue weighted by molar-refractivity contribution is 7.13. The summed E-state index contributed by atoms with van der Waals surface area (Å²) in [4.78, 5) is 1.41. The normalized spacial score (nSPS) is 11.4. The molecule has 2 heterocycles. The van der Waals surface area contributed by atoms with Gasteiger partial charge in [-0.15, -0.1) is 11.3 Å². The summed E-state index contributed by atoms with van der Waals surface area (Å²) >= 11 is 1.84. The zero-order valence-corrected chi connectivity index (χ0v) is 11.8. The molecule has 0 saturated carbocycles. The van der Waals surface area contributed by atoms with Crippen LogP contribution in [-0.4, -0.2) is 0 Å². The Morgan fingerprint density at radius 2 is 1.82 bits per heavy atom. The van der Waals surface area contributed by atoms with Crippen LogP contribution in [0, 0.1) is 0 Å². The minimum atomic E-state index is 0.494. The first-order valence-corrected chi connectivity index (χ1v) is 7.07. The number of thiophene rings is 1. The van der Waals surface area contributed by atoms with Gasteiger partial charge in [0.2, 0.25) is 5.69 Å². The van der Waals surface area contributed by atoms with Crippen molar-refractivity contribution >= 4 is 11.3 Å². The van der Waals surface area contributed by atoms with E-state index in [1.165, 1.54) is 16.1 Å². The van der Waals surface area contributed by atoms with Crippen molar-refractivity contribution in [2.45, 2.75) is 39.7 Å². The second-order valence-corrected chi connectivity index (χ2v) is 5.86. The topological polar surface area (TPSA) is 3.88 Å². The van der Waals surface area contributed by atoms with Gasteiger partial charge in [0.05, 0.1) is 0 Å². The van der Waals surface area contributed by atoms with Crippen molar-refractivity contribution in [3.05, 3.63) is 41.4 Å². The fourth-order valence-electron chi connectivity index (χ4n) is 2.08. The van der Waals surface area contributed by atoms with E-state index in [1.807, 2.05) is 11.3 Å². The summed E-state index contributed by atoms with van der Waals surface area (Å²) in [5, 5.41) is 2.20. The van der Waals surface area contributed by atoms with Gasteiger partial charge in [0.15, 0.2) is 12.2 Å². The lowest BCUT2D eigenvalue weighted by Gasteiger charge is -2.09. The Kier molecular flexibility index (Phi) is 3.63. The quantitative estimate of drug-likeness (QED) is 0.706. The summed E-state index contributed by atoms with van der Waals surface area (Å²) in [7, 11) is 0. The zero-order valence-electron chi connectivity index (χ0n) is 11.0. The van der Waals surface area contributed by atoms with Crippen molar-refractivity contribution in [3.63, 3.8) is 0 Å². The lowest BCUT2D eigenvalue weighted by atomic mass is 10.0. The maximum atomic E-state index is 2.34. The molecule has 0 atom stereocenters. The molecule has 0 fully saturated rings. The fraction of sp³-hybridized carbons (Fsp3) is 0.400. The molecule has 0 aromatic carbocycles. The predicted octanol–water partition coefficient (Wildman–Crippen LogP) is 4.41. The fourth-order valence-corrected chi connectivity index (χ4v) is 3.17. The molecular formula is C15H20NS+. The molecule has 0 aliphatic rings. The lowest BCUT2D eigenvalue weighted by molar-refractivity contribution is -0.705. The Morgan fingerprint density at radius 3 is 2.47 bits per heavy atom. The molecule has 2 rings (SSSR count). The van der Waals surface area contributed by atoms with Gasteiger partial charge in [-0.3, -0.25) is 0 Å². The lowest BCUT2D eigenvalue weighted by Crippen LogP contribution is -2.37. The average Bonchev–Trinajstić information content (AvgIpc) is 2.77. The molecule has 2 aromatic heterocycles. The third kappa shape index (κ3) is 2.42. The molecule has 0 aliphatic carbocycles. The van der Waals surface area contributed by atoms with Crippen LogP contribution in [0.15, 0.2) is 35.8 Å². The Hall–Kier alpha value is -1.15. The van der Waals surface area contributed by atoms with Gasteiger partial charge in [-0.05, 0) is 42.8 Å². The molecule has 0 unspecified atom stereocenters. The number of rotatable bonds is 3. The molecule has 0 amide bonds. The largest absolute Gasteiger partial charge is 0.223 e. The second-order valence-electron chi connectivity index (χ2n) is 4.95. The summed E-state index contributed by atoms with van der Waals surface area (Å²) < 4.78 is 2.34. The van der Waals surface area contributed by atoms with Crippen molar-refractivity contribution in [2.24, 2.45) is 0 Å². The summed E-state index contributed by atoms with van der Waals surface area (Å²) in [6.45, 7) is 8.97. The third-order valence-electron chi connectivity index (χ3n) is 3.00. The van der Waals surface area contributed by atoms with Crippen molar-refractivity contribution in [2.75, 3.05) is 0 Å². The maximum Gasteiger partial charge on any atom is 0.223 e. The molecule has 1 nitrogen and oxygen atoms in total. The van der Waals surface area contributed by atoms with Gasteiger partial charge in [0, 0.05) is 12.1 Å². The minimum absolute atomic E-state index is 0.494. The van der Waals surface area contributed by atoms with Crippen molar-refractivity contribution in [1.29, 1.82) is 0 Å². The van der Waals surface area contributed by atoms with E-state index in [0.29, 0.717) is 12.0 Å². The summed E-state index contributed by atoms with van der Waals surface area (Å²) in [5.41, 5.74) is 2.79. The van der Waals surface area contributed by atoms with Gasteiger partial charge < -0.3 is 0 Å². The van der Waals surface area contributed by atoms with E-state index >= 15 is 0 Å². The van der Waals surface area contributed by atoms with Crippen LogP contribution in [-0.2, 0) is 0 Å². The highest BCUT2D eigenvalue weighted by atomic mass is 32.1. The van der Waals surface area contributed by atoms with Gasteiger partial charge in [-0.1, -0.05) is 13.8 Å². The van der Waals surface area contributed by atoms with E-state index in [9.17, 15) is 0 Å². The van der Waals surface area contributed by atoms with E-state index in [4.69, 9.17) is 0 Å². The van der Waals surface area contributed by atoms with Crippen molar-refractivity contribution in [3.8, 4) is 10.6 Å². The summed E-state index contributed by atoms with van der Waals surface area (Å²) in [6, 6.07) is 9.19. The minimum Gasteiger partial charge on any atom is -0.196 e. The standard InChI is InChI=1S/C15H20NS/c1-11(2)13-8-10-17-15(13)14-7-5-6-9-16(14)12(3)4/h5-12H,1-4H3/q+1. The predicted molar refractivity (Wildman–Crippen MR) is 74.4 cm³/mol. The molecule has 2 heteroatoms. The van der Waals surface area contributed by atoms with E-state index < -0.39 is 0 Å². The monoisotopic (exact) mass is 246 g/mol. The first kappa shape index (κ1) is 12.3. The second kappa shape index (κ2) is 5.01. The number of nitrogens with zero attached hydrogens (tertiary/aromatic N) is 1. The number of hydrogen-bond acceptors (Lipinski definition) is 1. The molecule has 90 valence electrons. The average molecular weight is 246 g/mol. The molecular weight excluding hydrogens is 226 g/mol. The number of hydrogen-bond donors (Lipinski definition) is 0. The van der Waals surface area contributed by atoms with E-state index in [1.54, 1.807) is 0 Å². The van der Waals surface area contributed by atoms with E-state index in [-0.39, 0.29) is 0 Å². The van der Waals surface area contributed by atoms with E-state index in [0.717, 1.165) is 0 Å². The molecule has 0 radical (unpaired) electrons. The van der Waals surface area contributed by atoms with Crippen molar-refractivity contribution in [1.82, 2.24) is 0 Å². The highest BCUT2D eigenvalue weighted by Crippen LogP contribution is 2.32. The van der Waals surface area contributed by atoms with Gasteiger partial charge >= 0.3 is 0 Å². The van der Waals surface area contributed by atoms with Gasteiger partial charge in [-0.25, -0.2) is 0 Å². The van der Waals surface area contributed by atoms with Crippen LogP contribution in [0.25, 0.3) is 10.6 Å². The smallest absolute Gasteiger partial charge is 0.196 e. The van der Waals surface area contributed by atoms with Crippen LogP contribution in [0.1, 0.15) is 45.2 Å². The Labute approximate surface area is 108 Å². The van der Waals surface area contributed by atoms with Gasteiger partial charge in [0.1, 0.15) is 4.88 Å². The van der Waals surface area contributed by atoms with Crippen LogP contribution >= 0.6 is 11.3 Å². The molecule has 0 bridgehead atoms. The van der Waals surface area contributed by atoms with Gasteiger partial charge in [0.25, 0.3) is 0 Å². The molecule has 0 saturated heterocycles. The highest BCUT2D eigenvalue weighted by Gasteiger charge is 2.20. The van der Waals surface area contributed by atoms with Gasteiger partial charge in [-0.2, -0.15) is 4.57 Å². The first-order chi connectivity index (χ1) is 8.11. The van der Waals surface area contributed by atoms with Crippen LogP contribution in [0.4, 0.5) is 0 Å². The Balaban J connectivity index is 2.56. The van der Waals surface area contributed by atoms with Crippen LogP contribution in [0.2, 0.25) is 0 Å². The first-order valence-electron chi connectivity index (χ1n) is 6.19. The van der Waals surface area contributed by atoms with Crippen LogP contribution in [0.3, 0.4) is 0 Å². The maximum absolute atomic E-state index is 2.34. The van der Waals surface area contributed by atoms with Crippen molar-refractivity contribution < 1.29 is 4.57 Å². The Bertz CT molecular complexity index is 497. The van der Waals surface area contributed by atoms with E-state index in [2.05, 4.69) is 68.1 Å². The molecule has 0 aliphatic heterocycles. The van der Waals surface area contributed by atoms with Crippen LogP contribution in [0.5, 0.6) is 0 Å². The third-order valence-corrected chi connectivity index (χ3v) is 3.95. The molecule has 17 heavy (non-hydrogen) atoms. The number of pyridine rings is 1. The zero-order chi connectivity index (χ0) is 12.4. The SMILES string of the molecule is CC(C)c1ccsc1-c1cccc[n+]1C(C)C.